The molecule has 0 spiro atoms. The Hall–Kier alpha value is -4.39. The lowest BCUT2D eigenvalue weighted by Gasteiger charge is -2.25. The molecule has 0 amide bonds. The summed E-state index contributed by atoms with van der Waals surface area (Å²) in [5.41, 5.74) is 0.754. The minimum atomic E-state index is -3.64. The van der Waals surface area contributed by atoms with Gasteiger partial charge in [0.05, 0.1) is 29.5 Å². The number of rotatable bonds is 9. The van der Waals surface area contributed by atoms with Crippen LogP contribution in [0.15, 0.2) is 47.4 Å². The fourth-order valence-corrected chi connectivity index (χ4v) is 6.28. The number of fused-ring (bicyclic) bond motifs is 1. The van der Waals surface area contributed by atoms with E-state index in [-0.39, 0.29) is 50.9 Å². The molecular formula is C30H31F2N7O5S. The van der Waals surface area contributed by atoms with Crippen LogP contribution in [-0.4, -0.2) is 60.1 Å². The molecule has 6 rings (SSSR count). The molecule has 5 heterocycles. The van der Waals surface area contributed by atoms with Crippen LogP contribution in [0, 0.1) is 11.3 Å². The molecule has 1 atom stereocenters. The number of hydrogen-bond acceptors (Lipinski definition) is 11. The smallest absolute Gasteiger partial charge is 0.295 e. The first kappa shape index (κ1) is 30.6. The SMILES string of the molecule is CS(=O)(=O)c1ccccc1Nc1cc(Nc2ccc(OC3CCOCC3)c(C#N)n2)nc2c1nc(C(F)F)n2C1CCCCO1. The van der Waals surface area contributed by atoms with E-state index in [0.717, 1.165) is 19.1 Å². The monoisotopic (exact) mass is 639 g/mol. The zero-order chi connectivity index (χ0) is 31.6. The van der Waals surface area contributed by atoms with E-state index >= 15 is 0 Å². The Bertz CT molecular complexity index is 1850. The van der Waals surface area contributed by atoms with Gasteiger partial charge in [0, 0.05) is 31.8 Å². The third-order valence-electron chi connectivity index (χ3n) is 7.55. The average Bonchev–Trinajstić information content (AvgIpc) is 3.43. The molecule has 2 N–H and O–H groups in total. The molecule has 0 aliphatic carbocycles. The summed E-state index contributed by atoms with van der Waals surface area (Å²) in [7, 11) is -3.64. The zero-order valence-corrected chi connectivity index (χ0v) is 25.2. The molecule has 0 bridgehead atoms. The molecule has 15 heteroatoms. The Balaban J connectivity index is 1.43. The molecule has 1 unspecified atom stereocenters. The second-order valence-corrected chi connectivity index (χ2v) is 12.8. The summed E-state index contributed by atoms with van der Waals surface area (Å²) in [4.78, 5) is 13.3. The molecule has 12 nitrogen and oxygen atoms in total. The van der Waals surface area contributed by atoms with Crippen LogP contribution in [0.25, 0.3) is 11.2 Å². The highest BCUT2D eigenvalue weighted by Gasteiger charge is 2.29. The van der Waals surface area contributed by atoms with E-state index in [1.54, 1.807) is 30.3 Å². The molecular weight excluding hydrogens is 608 g/mol. The minimum absolute atomic E-state index is 0.0223. The summed E-state index contributed by atoms with van der Waals surface area (Å²) in [6, 6.07) is 13.1. The first-order valence-electron chi connectivity index (χ1n) is 14.5. The van der Waals surface area contributed by atoms with Crippen molar-refractivity contribution >= 4 is 44.0 Å². The van der Waals surface area contributed by atoms with Crippen molar-refractivity contribution in [1.82, 2.24) is 19.5 Å². The highest BCUT2D eigenvalue weighted by Crippen LogP contribution is 2.37. The first-order valence-corrected chi connectivity index (χ1v) is 16.4. The minimum Gasteiger partial charge on any atom is -0.487 e. The molecule has 0 saturated carbocycles. The van der Waals surface area contributed by atoms with Gasteiger partial charge in [-0.05, 0) is 43.5 Å². The Labute approximate surface area is 258 Å². The van der Waals surface area contributed by atoms with Gasteiger partial charge in [0.25, 0.3) is 6.43 Å². The molecule has 45 heavy (non-hydrogen) atoms. The lowest BCUT2D eigenvalue weighted by Crippen LogP contribution is -2.26. The number of nitrogens with one attached hydrogen (secondary N) is 2. The number of hydrogen-bond donors (Lipinski definition) is 2. The van der Waals surface area contributed by atoms with Crippen molar-refractivity contribution in [2.24, 2.45) is 0 Å². The van der Waals surface area contributed by atoms with Gasteiger partial charge in [0.15, 0.2) is 32.8 Å². The van der Waals surface area contributed by atoms with E-state index in [4.69, 9.17) is 14.2 Å². The summed E-state index contributed by atoms with van der Waals surface area (Å²) in [6.07, 6.45) is 0.831. The van der Waals surface area contributed by atoms with Crippen LogP contribution in [0.5, 0.6) is 5.75 Å². The van der Waals surface area contributed by atoms with Crippen LogP contribution < -0.4 is 15.4 Å². The maximum atomic E-state index is 14.4. The highest BCUT2D eigenvalue weighted by molar-refractivity contribution is 7.90. The maximum Gasteiger partial charge on any atom is 0.295 e. The number of benzene rings is 1. The molecule has 2 aliphatic rings. The fraction of sp³-hybridized carbons (Fsp3) is 0.400. The normalized spacial score (nSPS) is 17.7. The number of ether oxygens (including phenoxy) is 3. The van der Waals surface area contributed by atoms with Crippen LogP contribution in [0.2, 0.25) is 0 Å². The van der Waals surface area contributed by atoms with Gasteiger partial charge in [-0.15, -0.1) is 0 Å². The van der Waals surface area contributed by atoms with Crippen LogP contribution in [-0.2, 0) is 19.3 Å². The number of halogens is 2. The van der Waals surface area contributed by atoms with Crippen molar-refractivity contribution in [1.29, 1.82) is 5.26 Å². The highest BCUT2D eigenvalue weighted by atomic mass is 32.2. The standard InChI is InChI=1S/C30H31F2N7O5S/c1-45(40,41)23-7-3-2-6-19(23)34-20-16-25(36-24-10-9-22(21(17-33)35-24)44-18-11-14-42-15-12-18)37-29-27(20)38-30(28(31)32)39(29)26-8-4-5-13-43-26/h2-3,6-7,9-10,16,18,26,28H,4-5,8,11-15H2,1H3,(H2,34,35,36,37). The van der Waals surface area contributed by atoms with Crippen LogP contribution in [0.1, 0.15) is 56.3 Å². The number of sulfone groups is 1. The molecule has 3 aromatic heterocycles. The number of alkyl halides is 2. The Morgan fingerprint density at radius 2 is 1.80 bits per heavy atom. The van der Waals surface area contributed by atoms with Crippen molar-refractivity contribution in [3.63, 3.8) is 0 Å². The molecule has 2 saturated heterocycles. The number of nitrogens with zero attached hydrogens (tertiary/aromatic N) is 5. The zero-order valence-electron chi connectivity index (χ0n) is 24.4. The quantitative estimate of drug-likeness (QED) is 0.229. The number of pyridine rings is 2. The van der Waals surface area contributed by atoms with E-state index in [1.165, 1.54) is 16.7 Å². The number of nitriles is 1. The lowest BCUT2D eigenvalue weighted by atomic mass is 10.1. The summed E-state index contributed by atoms with van der Waals surface area (Å²) in [6.45, 7) is 1.56. The fourth-order valence-electron chi connectivity index (χ4n) is 5.44. The molecule has 236 valence electrons. The van der Waals surface area contributed by atoms with E-state index in [2.05, 4.69) is 31.7 Å². The van der Waals surface area contributed by atoms with Gasteiger partial charge in [0.1, 0.15) is 35.6 Å². The van der Waals surface area contributed by atoms with E-state index in [1.807, 2.05) is 0 Å². The summed E-state index contributed by atoms with van der Waals surface area (Å²) in [5.74, 6) is 0.274. The van der Waals surface area contributed by atoms with Gasteiger partial charge in [-0.3, -0.25) is 4.57 Å². The second kappa shape index (κ2) is 12.9. The number of para-hydroxylation sites is 1. The van der Waals surface area contributed by atoms with Gasteiger partial charge in [-0.1, -0.05) is 12.1 Å². The van der Waals surface area contributed by atoms with Gasteiger partial charge >= 0.3 is 0 Å². The number of aromatic nitrogens is 4. The number of imidazole rings is 1. The van der Waals surface area contributed by atoms with Crippen molar-refractivity contribution in [3.8, 4) is 11.8 Å². The van der Waals surface area contributed by atoms with Gasteiger partial charge in [-0.2, -0.15) is 5.26 Å². The number of anilines is 4. The Morgan fingerprint density at radius 1 is 1.00 bits per heavy atom. The first-order chi connectivity index (χ1) is 21.7. The Morgan fingerprint density at radius 3 is 2.51 bits per heavy atom. The third kappa shape index (κ3) is 6.68. The van der Waals surface area contributed by atoms with Crippen molar-refractivity contribution < 1.29 is 31.4 Å². The summed E-state index contributed by atoms with van der Waals surface area (Å²) >= 11 is 0. The molecule has 1 aromatic carbocycles. The van der Waals surface area contributed by atoms with E-state index < -0.39 is 28.3 Å². The Kier molecular flexibility index (Phi) is 8.79. The topological polar surface area (TPSA) is 153 Å². The van der Waals surface area contributed by atoms with E-state index in [0.29, 0.717) is 44.8 Å². The van der Waals surface area contributed by atoms with Gasteiger partial charge in [0.2, 0.25) is 0 Å². The van der Waals surface area contributed by atoms with Crippen LogP contribution in [0.4, 0.5) is 31.8 Å². The van der Waals surface area contributed by atoms with E-state index in [9.17, 15) is 22.5 Å². The predicted octanol–water partition coefficient (Wildman–Crippen LogP) is 5.78. The predicted molar refractivity (Wildman–Crippen MR) is 161 cm³/mol. The third-order valence-corrected chi connectivity index (χ3v) is 8.71. The lowest BCUT2D eigenvalue weighted by molar-refractivity contribution is -0.0363. The van der Waals surface area contributed by atoms with Gasteiger partial charge in [-0.25, -0.2) is 32.2 Å². The molecule has 2 fully saturated rings. The van der Waals surface area contributed by atoms with Crippen molar-refractivity contribution in [2.75, 3.05) is 36.7 Å². The van der Waals surface area contributed by atoms with Crippen molar-refractivity contribution in [3.05, 3.63) is 54.0 Å². The van der Waals surface area contributed by atoms with Crippen LogP contribution >= 0.6 is 0 Å². The van der Waals surface area contributed by atoms with Crippen molar-refractivity contribution in [2.45, 2.75) is 55.8 Å². The van der Waals surface area contributed by atoms with Crippen LogP contribution in [0.3, 0.4) is 0 Å². The summed E-state index contributed by atoms with van der Waals surface area (Å²) in [5, 5.41) is 15.9. The average molecular weight is 640 g/mol. The maximum absolute atomic E-state index is 14.4. The molecule has 2 aliphatic heterocycles. The summed E-state index contributed by atoms with van der Waals surface area (Å²) < 4.78 is 72.4. The largest absolute Gasteiger partial charge is 0.487 e. The second-order valence-electron chi connectivity index (χ2n) is 10.8. The molecule has 0 radical (unpaired) electrons. The molecule has 4 aromatic rings. The van der Waals surface area contributed by atoms with Gasteiger partial charge < -0.3 is 24.8 Å².